The zero-order chi connectivity index (χ0) is 25.2. The van der Waals surface area contributed by atoms with Gasteiger partial charge in [0.15, 0.2) is 0 Å². The molecule has 0 amide bonds. The molecule has 0 bridgehead atoms. The average molecular weight is 549 g/mol. The molecule has 2 aromatic rings. The molecule has 0 aliphatic heterocycles. The fraction of sp³-hybridized carbons (Fsp3) is 0.480. The Labute approximate surface area is 217 Å². The number of aliphatic carboxylic acids is 1. The van der Waals surface area contributed by atoms with Crippen molar-refractivity contribution in [3.05, 3.63) is 64.7 Å². The molecular weight excluding hydrogens is 517 g/mol. The van der Waals surface area contributed by atoms with Crippen molar-refractivity contribution in [2.75, 3.05) is 0 Å². The van der Waals surface area contributed by atoms with E-state index in [0.29, 0.717) is 17.9 Å². The van der Waals surface area contributed by atoms with Gasteiger partial charge in [0.2, 0.25) is 14.4 Å². The van der Waals surface area contributed by atoms with Crippen LogP contribution in [-0.4, -0.2) is 23.8 Å². The normalized spacial score (nSPS) is 13.1. The van der Waals surface area contributed by atoms with E-state index in [-0.39, 0.29) is 17.4 Å². The van der Waals surface area contributed by atoms with Crippen molar-refractivity contribution < 1.29 is 18.3 Å². The van der Waals surface area contributed by atoms with Gasteiger partial charge in [-0.15, -0.1) is 0 Å². The molecule has 2 N–H and O–H groups in total. The number of carboxylic acid groups (broad SMARTS) is 1. The first-order valence-electron chi connectivity index (χ1n) is 11.5. The van der Waals surface area contributed by atoms with E-state index in [9.17, 15) is 13.2 Å². The van der Waals surface area contributed by atoms with Crippen molar-refractivity contribution in [3.8, 4) is 0 Å². The van der Waals surface area contributed by atoms with Gasteiger partial charge in [-0.1, -0.05) is 103 Å². The van der Waals surface area contributed by atoms with Gasteiger partial charge in [0.05, 0.1) is 4.90 Å². The molecule has 5 nitrogen and oxygen atoms in total. The SMILES string of the molecule is Cc1ccc(S(=O)(=O)NC(CCCCCCCCCC(Cl)(Cl)C(=O)O)c2ccc(Cl)cc2)cc1. The third-order valence-electron chi connectivity index (χ3n) is 5.70. The third kappa shape index (κ3) is 9.74. The topological polar surface area (TPSA) is 83.5 Å². The van der Waals surface area contributed by atoms with E-state index in [2.05, 4.69) is 4.72 Å². The molecule has 0 saturated heterocycles. The summed E-state index contributed by atoms with van der Waals surface area (Å²) in [6, 6.07) is 13.7. The second kappa shape index (κ2) is 13.7. The first kappa shape index (κ1) is 28.9. The lowest BCUT2D eigenvalue weighted by Crippen LogP contribution is -2.28. The minimum Gasteiger partial charge on any atom is -0.479 e. The maximum atomic E-state index is 12.9. The van der Waals surface area contributed by atoms with Crippen LogP contribution >= 0.6 is 34.8 Å². The lowest BCUT2D eigenvalue weighted by molar-refractivity contribution is -0.138. The van der Waals surface area contributed by atoms with Crippen molar-refractivity contribution in [1.82, 2.24) is 4.72 Å². The van der Waals surface area contributed by atoms with Crippen LogP contribution in [0.3, 0.4) is 0 Å². The number of alkyl halides is 2. The molecule has 0 heterocycles. The minimum absolute atomic E-state index is 0.231. The Morgan fingerprint density at radius 1 is 0.912 bits per heavy atom. The Morgan fingerprint density at radius 3 is 2.00 bits per heavy atom. The van der Waals surface area contributed by atoms with E-state index in [1.54, 1.807) is 36.4 Å². The first-order valence-corrected chi connectivity index (χ1v) is 14.1. The lowest BCUT2D eigenvalue weighted by atomic mass is 10.00. The fourth-order valence-electron chi connectivity index (χ4n) is 3.65. The standard InChI is InChI=1S/C25H32Cl3NO4S/c1-19-10-16-22(17-11-19)34(32,33)29-23(20-12-14-21(26)15-13-20)9-7-5-3-2-4-6-8-18-25(27,28)24(30)31/h10-17,23,29H,2-9,18H2,1H3,(H,30,31). The van der Waals surface area contributed by atoms with E-state index >= 15 is 0 Å². The van der Waals surface area contributed by atoms with Gasteiger partial charge in [-0.3, -0.25) is 0 Å². The van der Waals surface area contributed by atoms with Crippen LogP contribution in [0.15, 0.2) is 53.4 Å². The Morgan fingerprint density at radius 2 is 1.44 bits per heavy atom. The highest BCUT2D eigenvalue weighted by atomic mass is 35.5. The minimum atomic E-state index is -3.66. The highest BCUT2D eigenvalue weighted by Crippen LogP contribution is 2.29. The van der Waals surface area contributed by atoms with E-state index < -0.39 is 20.3 Å². The van der Waals surface area contributed by atoms with Gasteiger partial charge in [-0.25, -0.2) is 17.9 Å². The van der Waals surface area contributed by atoms with E-state index in [1.807, 2.05) is 19.1 Å². The Balaban J connectivity index is 1.83. The highest BCUT2D eigenvalue weighted by Gasteiger charge is 2.32. The van der Waals surface area contributed by atoms with Crippen molar-refractivity contribution in [2.24, 2.45) is 0 Å². The third-order valence-corrected chi connectivity index (χ3v) is 8.14. The van der Waals surface area contributed by atoms with Crippen LogP contribution in [0.5, 0.6) is 0 Å². The number of benzene rings is 2. The molecule has 0 radical (unpaired) electrons. The number of aryl methyl sites for hydroxylation is 1. The van der Waals surface area contributed by atoms with Crippen LogP contribution in [-0.2, 0) is 14.8 Å². The molecule has 0 spiro atoms. The predicted molar refractivity (Wildman–Crippen MR) is 139 cm³/mol. The number of halogens is 3. The van der Waals surface area contributed by atoms with Gasteiger partial charge >= 0.3 is 5.97 Å². The highest BCUT2D eigenvalue weighted by molar-refractivity contribution is 7.89. The summed E-state index contributed by atoms with van der Waals surface area (Å²) in [6.07, 6.45) is 7.30. The van der Waals surface area contributed by atoms with Gasteiger partial charge in [0, 0.05) is 11.1 Å². The summed E-state index contributed by atoms with van der Waals surface area (Å²) in [5.74, 6) is -1.20. The number of unbranched alkanes of at least 4 members (excludes halogenated alkanes) is 6. The molecule has 0 aliphatic carbocycles. The number of carboxylic acids is 1. The molecule has 1 atom stereocenters. The average Bonchev–Trinajstić information content (AvgIpc) is 2.77. The second-order valence-corrected chi connectivity index (χ2v) is 12.2. The quantitative estimate of drug-likeness (QED) is 0.179. The maximum absolute atomic E-state index is 12.9. The number of hydrogen-bond donors (Lipinski definition) is 2. The summed E-state index contributed by atoms with van der Waals surface area (Å²) in [7, 11) is -3.66. The number of sulfonamides is 1. The molecule has 34 heavy (non-hydrogen) atoms. The van der Waals surface area contributed by atoms with Gasteiger partial charge in [0.25, 0.3) is 0 Å². The van der Waals surface area contributed by atoms with Crippen LogP contribution < -0.4 is 4.72 Å². The summed E-state index contributed by atoms with van der Waals surface area (Å²) in [5, 5.41) is 9.52. The zero-order valence-electron chi connectivity index (χ0n) is 19.3. The molecule has 1 unspecified atom stereocenters. The van der Waals surface area contributed by atoms with Crippen LogP contribution in [0, 0.1) is 6.92 Å². The molecule has 0 saturated carbocycles. The maximum Gasteiger partial charge on any atom is 0.340 e. The number of carbonyl (C=O) groups is 1. The van der Waals surface area contributed by atoms with Crippen molar-refractivity contribution in [3.63, 3.8) is 0 Å². The zero-order valence-corrected chi connectivity index (χ0v) is 22.4. The van der Waals surface area contributed by atoms with Crippen LogP contribution in [0.4, 0.5) is 0 Å². The van der Waals surface area contributed by atoms with Crippen molar-refractivity contribution in [1.29, 1.82) is 0 Å². The lowest BCUT2D eigenvalue weighted by Gasteiger charge is -2.20. The molecule has 188 valence electrons. The van der Waals surface area contributed by atoms with Crippen molar-refractivity contribution >= 4 is 50.8 Å². The van der Waals surface area contributed by atoms with Crippen LogP contribution in [0.2, 0.25) is 5.02 Å². The molecule has 2 rings (SSSR count). The molecular formula is C25H32Cl3NO4S. The summed E-state index contributed by atoms with van der Waals surface area (Å²) in [6.45, 7) is 1.92. The van der Waals surface area contributed by atoms with Gasteiger partial charge in [-0.05, 0) is 56.0 Å². The largest absolute Gasteiger partial charge is 0.479 e. The summed E-state index contributed by atoms with van der Waals surface area (Å²) in [5.41, 5.74) is 1.88. The van der Waals surface area contributed by atoms with Crippen molar-refractivity contribution in [2.45, 2.75) is 80.0 Å². The monoisotopic (exact) mass is 547 g/mol. The van der Waals surface area contributed by atoms with Gasteiger partial charge in [-0.2, -0.15) is 0 Å². The number of nitrogens with one attached hydrogen (secondary N) is 1. The van der Waals surface area contributed by atoms with Crippen LogP contribution in [0.1, 0.15) is 75.0 Å². The van der Waals surface area contributed by atoms with Gasteiger partial charge in [0.1, 0.15) is 0 Å². The molecule has 9 heteroatoms. The number of hydrogen-bond acceptors (Lipinski definition) is 3. The van der Waals surface area contributed by atoms with Gasteiger partial charge < -0.3 is 5.11 Å². The van der Waals surface area contributed by atoms with Crippen LogP contribution in [0.25, 0.3) is 0 Å². The summed E-state index contributed by atoms with van der Waals surface area (Å²) < 4.78 is 27.1. The van der Waals surface area contributed by atoms with E-state index in [1.165, 1.54) is 0 Å². The molecule has 0 fully saturated rings. The number of rotatable bonds is 15. The Bertz CT molecular complexity index is 1010. The Kier molecular flexibility index (Phi) is 11.6. The second-order valence-electron chi connectivity index (χ2n) is 8.56. The van der Waals surface area contributed by atoms with E-state index in [0.717, 1.165) is 49.7 Å². The fourth-order valence-corrected chi connectivity index (χ4v) is 5.30. The molecule has 0 aromatic heterocycles. The van der Waals surface area contributed by atoms with E-state index in [4.69, 9.17) is 39.9 Å². The summed E-state index contributed by atoms with van der Waals surface area (Å²) >= 11 is 17.5. The predicted octanol–water partition coefficient (Wildman–Crippen LogP) is 7.44. The molecule has 0 aliphatic rings. The first-order chi connectivity index (χ1) is 16.0. The Hall–Kier alpha value is -1.31. The smallest absolute Gasteiger partial charge is 0.340 e. The summed E-state index contributed by atoms with van der Waals surface area (Å²) in [4.78, 5) is 11.1. The molecule has 2 aromatic carbocycles.